The number of aryl methyl sites for hydroxylation is 1. The summed E-state index contributed by atoms with van der Waals surface area (Å²) in [6.45, 7) is 8.20. The molecule has 24 heavy (non-hydrogen) atoms. The van der Waals surface area contributed by atoms with Gasteiger partial charge in [-0.15, -0.1) is 0 Å². The zero-order valence-corrected chi connectivity index (χ0v) is 16.0. The van der Waals surface area contributed by atoms with Crippen molar-refractivity contribution >= 4 is 33.1 Å². The van der Waals surface area contributed by atoms with E-state index in [9.17, 15) is 4.79 Å². The Labute approximate surface area is 151 Å². The van der Waals surface area contributed by atoms with Crippen molar-refractivity contribution in [2.75, 3.05) is 13.1 Å². The Kier molecular flexibility index (Phi) is 4.85. The van der Waals surface area contributed by atoms with E-state index in [0.717, 1.165) is 48.1 Å². The van der Waals surface area contributed by atoms with E-state index in [1.54, 1.807) is 0 Å². The number of pyridine rings is 1. The number of amides is 1. The molecule has 0 aromatic carbocycles. The van der Waals surface area contributed by atoms with E-state index >= 15 is 0 Å². The van der Waals surface area contributed by atoms with Gasteiger partial charge in [-0.1, -0.05) is 0 Å². The summed E-state index contributed by atoms with van der Waals surface area (Å²) in [4.78, 5) is 18.5. The third-order valence-corrected chi connectivity index (χ3v) is 4.73. The van der Waals surface area contributed by atoms with Crippen LogP contribution in [-0.4, -0.2) is 39.2 Å². The van der Waals surface area contributed by atoms with Crippen LogP contribution in [0.2, 0.25) is 0 Å². The van der Waals surface area contributed by atoms with E-state index in [1.165, 1.54) is 0 Å². The van der Waals surface area contributed by atoms with Gasteiger partial charge in [0, 0.05) is 31.2 Å². The van der Waals surface area contributed by atoms with Gasteiger partial charge in [-0.05, 0) is 73.7 Å². The van der Waals surface area contributed by atoms with Crippen molar-refractivity contribution in [1.29, 1.82) is 0 Å². The van der Waals surface area contributed by atoms with Gasteiger partial charge in [0.2, 0.25) is 0 Å². The monoisotopic (exact) mass is 393 g/mol. The number of likely N-dealkylation sites (tertiary alicyclic amines) is 1. The van der Waals surface area contributed by atoms with Crippen molar-refractivity contribution < 1.29 is 9.53 Å². The van der Waals surface area contributed by atoms with E-state index in [0.29, 0.717) is 5.92 Å². The van der Waals surface area contributed by atoms with Gasteiger partial charge >= 0.3 is 6.09 Å². The zero-order chi connectivity index (χ0) is 17.3. The molecule has 1 aliphatic heterocycles. The van der Waals surface area contributed by atoms with E-state index in [1.807, 2.05) is 31.7 Å². The predicted octanol–water partition coefficient (Wildman–Crippen LogP) is 4.45. The molecular weight excluding hydrogens is 370 g/mol. The molecular formula is C18H24BrN3O2. The third kappa shape index (κ3) is 4.09. The largest absolute Gasteiger partial charge is 0.444 e. The van der Waals surface area contributed by atoms with E-state index < -0.39 is 5.60 Å². The molecule has 1 amide bonds. The Hall–Kier alpha value is -1.56. The van der Waals surface area contributed by atoms with Crippen molar-refractivity contribution in [1.82, 2.24) is 14.5 Å². The molecule has 2 aromatic heterocycles. The minimum Gasteiger partial charge on any atom is -0.444 e. The van der Waals surface area contributed by atoms with Crippen LogP contribution in [0.5, 0.6) is 0 Å². The number of fused-ring (bicyclic) bond motifs is 1. The molecule has 6 heteroatoms. The van der Waals surface area contributed by atoms with Crippen LogP contribution in [0.15, 0.2) is 29.0 Å². The second-order valence-electron chi connectivity index (χ2n) is 7.43. The first-order valence-corrected chi connectivity index (χ1v) is 9.20. The van der Waals surface area contributed by atoms with Crippen LogP contribution in [0.4, 0.5) is 4.79 Å². The van der Waals surface area contributed by atoms with Crippen molar-refractivity contribution in [2.45, 2.75) is 45.8 Å². The first-order valence-electron chi connectivity index (χ1n) is 8.41. The Balaban J connectivity index is 1.56. The highest BCUT2D eigenvalue weighted by atomic mass is 79.9. The summed E-state index contributed by atoms with van der Waals surface area (Å²) in [6.07, 6.45) is 3.97. The molecule has 5 nitrogen and oxygen atoms in total. The van der Waals surface area contributed by atoms with Crippen LogP contribution >= 0.6 is 15.9 Å². The molecule has 0 aliphatic carbocycles. The van der Waals surface area contributed by atoms with Crippen molar-refractivity contribution in [2.24, 2.45) is 5.92 Å². The maximum Gasteiger partial charge on any atom is 0.410 e. The topological polar surface area (TPSA) is 47.4 Å². The van der Waals surface area contributed by atoms with Crippen LogP contribution in [0.25, 0.3) is 11.0 Å². The fourth-order valence-electron chi connectivity index (χ4n) is 3.10. The van der Waals surface area contributed by atoms with E-state index in [-0.39, 0.29) is 6.09 Å². The van der Waals surface area contributed by atoms with Gasteiger partial charge in [0.05, 0.1) is 0 Å². The smallest absolute Gasteiger partial charge is 0.410 e. The molecule has 0 spiro atoms. The quantitative estimate of drug-likeness (QED) is 0.723. The highest BCUT2D eigenvalue weighted by Gasteiger charge is 2.29. The summed E-state index contributed by atoms with van der Waals surface area (Å²) in [5.41, 5.74) is 0.574. The van der Waals surface area contributed by atoms with Crippen molar-refractivity contribution in [3.05, 3.63) is 29.0 Å². The second kappa shape index (κ2) is 6.75. The minimum atomic E-state index is -0.432. The number of hydrogen-bond acceptors (Lipinski definition) is 3. The van der Waals surface area contributed by atoms with E-state index in [4.69, 9.17) is 4.74 Å². The lowest BCUT2D eigenvalue weighted by molar-refractivity contribution is 0.0287. The van der Waals surface area contributed by atoms with Gasteiger partial charge in [0.25, 0.3) is 0 Å². The van der Waals surface area contributed by atoms with Gasteiger partial charge in [-0.2, -0.15) is 0 Å². The maximum absolute atomic E-state index is 12.1. The fraction of sp³-hybridized carbons (Fsp3) is 0.556. The van der Waals surface area contributed by atoms with E-state index in [2.05, 4.69) is 43.8 Å². The second-order valence-corrected chi connectivity index (χ2v) is 8.24. The van der Waals surface area contributed by atoms with Crippen LogP contribution in [-0.2, 0) is 11.3 Å². The number of rotatable bonds is 3. The lowest BCUT2D eigenvalue weighted by atomic mass is 10.1. The molecule has 0 saturated carbocycles. The normalized spacial score (nSPS) is 18.3. The van der Waals surface area contributed by atoms with Crippen LogP contribution in [0.1, 0.15) is 33.6 Å². The van der Waals surface area contributed by atoms with Crippen molar-refractivity contribution in [3.8, 4) is 0 Å². The molecule has 1 unspecified atom stereocenters. The summed E-state index contributed by atoms with van der Waals surface area (Å²) >= 11 is 3.43. The van der Waals surface area contributed by atoms with Crippen LogP contribution in [0.3, 0.4) is 0 Å². The number of nitrogens with zero attached hydrogens (tertiary/aromatic N) is 3. The number of hydrogen-bond donors (Lipinski definition) is 0. The van der Waals surface area contributed by atoms with Gasteiger partial charge in [-0.25, -0.2) is 9.78 Å². The van der Waals surface area contributed by atoms with Crippen LogP contribution in [0, 0.1) is 5.92 Å². The number of carbonyl (C=O) groups excluding carboxylic acids is 1. The Morgan fingerprint density at radius 2 is 2.17 bits per heavy atom. The van der Waals surface area contributed by atoms with Crippen molar-refractivity contribution in [3.63, 3.8) is 0 Å². The average molecular weight is 394 g/mol. The summed E-state index contributed by atoms with van der Waals surface area (Å²) in [6, 6.07) is 6.13. The molecule has 3 rings (SSSR count). The minimum absolute atomic E-state index is 0.193. The highest BCUT2D eigenvalue weighted by molar-refractivity contribution is 9.10. The lowest BCUT2D eigenvalue weighted by Crippen LogP contribution is -2.35. The Morgan fingerprint density at radius 3 is 2.92 bits per heavy atom. The summed E-state index contributed by atoms with van der Waals surface area (Å²) < 4.78 is 8.50. The van der Waals surface area contributed by atoms with Crippen LogP contribution < -0.4 is 0 Å². The lowest BCUT2D eigenvalue weighted by Gasteiger charge is -2.24. The van der Waals surface area contributed by atoms with Gasteiger partial charge in [0.15, 0.2) is 0 Å². The standard InChI is InChI=1S/C18H24BrN3O2/c1-18(2,3)24-17(23)22-10-7-13(12-22)6-9-21-11-8-14-4-5-15(19)20-16(14)21/h4-5,8,11,13H,6-7,9-10,12H2,1-3H3. The summed E-state index contributed by atoms with van der Waals surface area (Å²) in [5.74, 6) is 0.516. The molecule has 0 radical (unpaired) electrons. The fourth-order valence-corrected chi connectivity index (χ4v) is 3.40. The molecule has 1 fully saturated rings. The number of aromatic nitrogens is 2. The van der Waals surface area contributed by atoms with Gasteiger partial charge in [0.1, 0.15) is 15.9 Å². The average Bonchev–Trinajstić information content (AvgIpc) is 3.09. The molecule has 3 heterocycles. The van der Waals surface area contributed by atoms with Gasteiger partial charge in [-0.3, -0.25) is 0 Å². The Bertz CT molecular complexity index is 735. The SMILES string of the molecule is CC(C)(C)OC(=O)N1CCC(CCn2ccc3ccc(Br)nc32)C1. The first-order chi connectivity index (χ1) is 11.3. The summed E-state index contributed by atoms with van der Waals surface area (Å²) in [7, 11) is 0. The highest BCUT2D eigenvalue weighted by Crippen LogP contribution is 2.24. The molecule has 1 aliphatic rings. The molecule has 1 saturated heterocycles. The van der Waals surface area contributed by atoms with Gasteiger partial charge < -0.3 is 14.2 Å². The zero-order valence-electron chi connectivity index (χ0n) is 14.5. The third-order valence-electron chi connectivity index (χ3n) is 4.29. The molecule has 130 valence electrons. The predicted molar refractivity (Wildman–Crippen MR) is 98.0 cm³/mol. The molecule has 1 atom stereocenters. The summed E-state index contributed by atoms with van der Waals surface area (Å²) in [5, 5.41) is 1.15. The maximum atomic E-state index is 12.1. The molecule has 2 aromatic rings. The Morgan fingerprint density at radius 1 is 1.38 bits per heavy atom. The molecule has 0 N–H and O–H groups in total. The number of carbonyl (C=O) groups is 1. The number of halogens is 1. The number of ether oxygens (including phenoxy) is 1. The molecule has 0 bridgehead atoms. The first kappa shape index (κ1) is 17.3.